The Bertz CT molecular complexity index is 1560. The van der Waals surface area contributed by atoms with Crippen molar-refractivity contribution in [2.45, 2.75) is 24.9 Å². The fourth-order valence-corrected chi connectivity index (χ4v) is 5.50. The number of carbonyl (C=O) groups is 2. The minimum Gasteiger partial charge on any atom is -0.497 e. The molecule has 6 rings (SSSR count). The van der Waals surface area contributed by atoms with Gasteiger partial charge in [0.25, 0.3) is 0 Å². The molecule has 0 bridgehead atoms. The molecule has 8 nitrogen and oxygen atoms in total. The number of benzene rings is 3. The van der Waals surface area contributed by atoms with Crippen molar-refractivity contribution < 1.29 is 19.1 Å². The third kappa shape index (κ3) is 4.86. The largest absolute Gasteiger partial charge is 0.497 e. The number of amides is 3. The molecule has 9 heteroatoms. The maximum atomic E-state index is 14.3. The summed E-state index contributed by atoms with van der Waals surface area (Å²) in [6, 6.07) is 23.8. The average molecular weight is 557 g/mol. The SMILES string of the molecule is COc1cc(NC(=O)N(CC(=O)N2c3ccccc3-n3cccc3C2c2cccc(Cl)c2)C2CC2)cc(OC)c1. The lowest BCUT2D eigenvalue weighted by Crippen LogP contribution is -2.48. The van der Waals surface area contributed by atoms with Gasteiger partial charge in [0.1, 0.15) is 24.1 Å². The van der Waals surface area contributed by atoms with Crippen LogP contribution in [0, 0.1) is 0 Å². The fourth-order valence-electron chi connectivity index (χ4n) is 5.30. The van der Waals surface area contributed by atoms with Crippen LogP contribution in [0.3, 0.4) is 0 Å². The summed E-state index contributed by atoms with van der Waals surface area (Å²) >= 11 is 6.40. The molecule has 3 aromatic carbocycles. The number of anilines is 2. The minimum absolute atomic E-state index is 0.00929. The highest BCUT2D eigenvalue weighted by molar-refractivity contribution is 6.30. The van der Waals surface area contributed by atoms with Crippen LogP contribution in [0.5, 0.6) is 11.5 Å². The lowest BCUT2D eigenvalue weighted by molar-refractivity contribution is -0.119. The molecule has 1 aromatic heterocycles. The molecule has 1 saturated carbocycles. The normalized spacial score (nSPS) is 15.6. The highest BCUT2D eigenvalue weighted by Crippen LogP contribution is 2.43. The second-order valence-corrected chi connectivity index (χ2v) is 10.3. The number of aromatic nitrogens is 1. The van der Waals surface area contributed by atoms with E-state index in [0.717, 1.165) is 35.5 Å². The van der Waals surface area contributed by atoms with Crippen LogP contribution in [0.1, 0.15) is 30.1 Å². The van der Waals surface area contributed by atoms with E-state index < -0.39 is 6.04 Å². The molecular formula is C31H29ClN4O4. The highest BCUT2D eigenvalue weighted by atomic mass is 35.5. The van der Waals surface area contributed by atoms with Crippen molar-refractivity contribution >= 4 is 34.9 Å². The van der Waals surface area contributed by atoms with E-state index in [1.807, 2.05) is 66.9 Å². The molecule has 1 unspecified atom stereocenters. The van der Waals surface area contributed by atoms with Crippen molar-refractivity contribution in [3.05, 3.63) is 101 Å². The number of hydrogen-bond donors (Lipinski definition) is 1. The summed E-state index contributed by atoms with van der Waals surface area (Å²) in [4.78, 5) is 31.3. The number of ether oxygens (including phenoxy) is 2. The molecule has 40 heavy (non-hydrogen) atoms. The first-order valence-corrected chi connectivity index (χ1v) is 13.5. The van der Waals surface area contributed by atoms with Crippen LogP contribution < -0.4 is 19.7 Å². The van der Waals surface area contributed by atoms with E-state index in [1.54, 1.807) is 42.2 Å². The van der Waals surface area contributed by atoms with Gasteiger partial charge in [0, 0.05) is 41.1 Å². The van der Waals surface area contributed by atoms with Gasteiger partial charge in [0.05, 0.1) is 31.3 Å². The topological polar surface area (TPSA) is 76.0 Å². The maximum absolute atomic E-state index is 14.3. The molecule has 4 aromatic rings. The number of urea groups is 1. The summed E-state index contributed by atoms with van der Waals surface area (Å²) in [7, 11) is 3.11. The van der Waals surface area contributed by atoms with E-state index in [4.69, 9.17) is 21.1 Å². The van der Waals surface area contributed by atoms with Crippen LogP contribution in [0.4, 0.5) is 16.2 Å². The van der Waals surface area contributed by atoms with Crippen molar-refractivity contribution in [1.29, 1.82) is 0 Å². The Kier molecular flexibility index (Phi) is 6.86. The van der Waals surface area contributed by atoms with Gasteiger partial charge >= 0.3 is 6.03 Å². The summed E-state index contributed by atoms with van der Waals surface area (Å²) < 4.78 is 12.8. The number of fused-ring (bicyclic) bond motifs is 3. The molecule has 3 amide bonds. The number of hydrogen-bond acceptors (Lipinski definition) is 4. The minimum atomic E-state index is -0.414. The second-order valence-electron chi connectivity index (χ2n) is 9.90. The van der Waals surface area contributed by atoms with Gasteiger partial charge in [-0.2, -0.15) is 0 Å². The molecule has 2 aliphatic rings. The van der Waals surface area contributed by atoms with Crippen LogP contribution in [-0.2, 0) is 4.79 Å². The van der Waals surface area contributed by atoms with Gasteiger partial charge in [-0.25, -0.2) is 4.79 Å². The molecule has 1 atom stereocenters. The van der Waals surface area contributed by atoms with E-state index in [9.17, 15) is 9.59 Å². The van der Waals surface area contributed by atoms with Gasteiger partial charge in [0.2, 0.25) is 5.91 Å². The number of halogens is 1. The van der Waals surface area contributed by atoms with Crippen molar-refractivity contribution in [2.24, 2.45) is 0 Å². The maximum Gasteiger partial charge on any atom is 0.322 e. The predicted octanol–water partition coefficient (Wildman–Crippen LogP) is 6.28. The number of nitrogens with one attached hydrogen (secondary N) is 1. The van der Waals surface area contributed by atoms with E-state index in [1.165, 1.54) is 0 Å². The third-order valence-electron chi connectivity index (χ3n) is 7.31. The smallest absolute Gasteiger partial charge is 0.322 e. The zero-order chi connectivity index (χ0) is 27.8. The molecule has 2 heterocycles. The number of carbonyl (C=O) groups excluding carboxylic acids is 2. The Morgan fingerprint density at radius 1 is 0.925 bits per heavy atom. The van der Waals surface area contributed by atoms with Crippen molar-refractivity contribution in [1.82, 2.24) is 9.47 Å². The Labute approximate surface area is 237 Å². The van der Waals surface area contributed by atoms with Gasteiger partial charge in [-0.1, -0.05) is 35.9 Å². The monoisotopic (exact) mass is 556 g/mol. The fraction of sp³-hybridized carbons (Fsp3) is 0.226. The van der Waals surface area contributed by atoms with Crippen molar-refractivity contribution in [3.63, 3.8) is 0 Å². The first kappa shape index (κ1) is 25.8. The quantitative estimate of drug-likeness (QED) is 0.291. The lowest BCUT2D eigenvalue weighted by atomic mass is 9.97. The number of rotatable bonds is 7. The summed E-state index contributed by atoms with van der Waals surface area (Å²) in [6.45, 7) is -0.0797. The average Bonchev–Trinajstić information content (AvgIpc) is 3.69. The summed E-state index contributed by atoms with van der Waals surface area (Å²) in [6.07, 6.45) is 3.69. The standard InChI is InChI=1S/C31H29ClN4O4/c1-39-24-16-22(17-25(18-24)40-2)33-31(38)35(23-12-13-23)19-29(37)36-27-10-4-3-9-26(27)34-14-6-11-28(34)30(36)20-7-5-8-21(32)15-20/h3-11,14-18,23,30H,12-13,19H2,1-2H3,(H,33,38). The van der Waals surface area contributed by atoms with Crippen LogP contribution >= 0.6 is 11.6 Å². The van der Waals surface area contributed by atoms with E-state index in [2.05, 4.69) is 9.88 Å². The van der Waals surface area contributed by atoms with E-state index in [-0.39, 0.29) is 24.5 Å². The Morgan fingerprint density at radius 3 is 2.33 bits per heavy atom. The molecule has 1 fully saturated rings. The molecule has 0 saturated heterocycles. The van der Waals surface area contributed by atoms with Crippen LogP contribution in [0.15, 0.2) is 85.1 Å². The first-order chi connectivity index (χ1) is 19.5. The molecule has 1 N–H and O–H groups in total. The molecule has 0 spiro atoms. The predicted molar refractivity (Wildman–Crippen MR) is 155 cm³/mol. The molecule has 0 radical (unpaired) electrons. The molecular weight excluding hydrogens is 528 g/mol. The number of para-hydroxylation sites is 2. The van der Waals surface area contributed by atoms with Gasteiger partial charge in [0.15, 0.2) is 0 Å². The lowest BCUT2D eigenvalue weighted by Gasteiger charge is -2.39. The molecule has 204 valence electrons. The van der Waals surface area contributed by atoms with Crippen LogP contribution in [0.2, 0.25) is 5.02 Å². The molecule has 1 aliphatic carbocycles. The van der Waals surface area contributed by atoms with Gasteiger partial charge in [-0.3, -0.25) is 9.69 Å². The Morgan fingerprint density at radius 2 is 1.65 bits per heavy atom. The summed E-state index contributed by atoms with van der Waals surface area (Å²) in [5, 5.41) is 3.53. The van der Waals surface area contributed by atoms with Gasteiger partial charge in [-0.05, 0) is 54.8 Å². The van der Waals surface area contributed by atoms with E-state index >= 15 is 0 Å². The van der Waals surface area contributed by atoms with Crippen molar-refractivity contribution in [2.75, 3.05) is 31.0 Å². The number of nitrogens with zero attached hydrogens (tertiary/aromatic N) is 3. The summed E-state index contributed by atoms with van der Waals surface area (Å²) in [5.74, 6) is 0.928. The zero-order valence-corrected chi connectivity index (χ0v) is 23.0. The van der Waals surface area contributed by atoms with Gasteiger partial charge in [-0.15, -0.1) is 0 Å². The first-order valence-electron chi connectivity index (χ1n) is 13.1. The highest BCUT2D eigenvalue weighted by Gasteiger charge is 2.40. The second kappa shape index (κ2) is 10.6. The van der Waals surface area contributed by atoms with E-state index in [0.29, 0.717) is 22.2 Å². The Hall–Kier alpha value is -4.43. The summed E-state index contributed by atoms with van der Waals surface area (Å²) in [5.41, 5.74) is 4.04. The zero-order valence-electron chi connectivity index (χ0n) is 22.2. The van der Waals surface area contributed by atoms with Crippen molar-refractivity contribution in [3.8, 4) is 17.2 Å². The third-order valence-corrected chi connectivity index (χ3v) is 7.54. The number of methoxy groups -OCH3 is 2. The van der Waals surface area contributed by atoms with Gasteiger partial charge < -0.3 is 24.3 Å². The van der Waals surface area contributed by atoms with Crippen LogP contribution in [-0.4, -0.2) is 48.2 Å². The van der Waals surface area contributed by atoms with Crippen LogP contribution in [0.25, 0.3) is 5.69 Å². The Balaban J connectivity index is 1.34. The molecule has 1 aliphatic heterocycles.